The summed E-state index contributed by atoms with van der Waals surface area (Å²) in [6.07, 6.45) is 19.2. The third kappa shape index (κ3) is 9.76. The first-order chi connectivity index (χ1) is 44.1. The first kappa shape index (κ1) is 53.0. The molecule has 9 heteroatoms. The molecule has 0 radical (unpaired) electrons. The van der Waals surface area contributed by atoms with Crippen molar-refractivity contribution in [1.29, 1.82) is 0 Å². The number of hydrogen-bond donors (Lipinski definition) is 1. The van der Waals surface area contributed by atoms with E-state index in [2.05, 4.69) is 297 Å². The van der Waals surface area contributed by atoms with Crippen LogP contribution in [0.15, 0.2) is 321 Å². The number of nitrogens with zero attached hydrogens (tertiary/aromatic N) is 7. The number of para-hydroxylation sites is 2. The summed E-state index contributed by atoms with van der Waals surface area (Å²) < 4.78 is 8.05. The van der Waals surface area contributed by atoms with Gasteiger partial charge in [-0.2, -0.15) is 0 Å². The number of benzene rings is 10. The van der Waals surface area contributed by atoms with Crippen LogP contribution in [0.1, 0.15) is 0 Å². The Morgan fingerprint density at radius 3 is 1.20 bits per heavy atom. The van der Waals surface area contributed by atoms with Crippen LogP contribution >= 0.6 is 15.9 Å². The largest absolute Gasteiger partial charge is 0.353 e. The summed E-state index contributed by atoms with van der Waals surface area (Å²) in [5, 5.41) is 12.5. The molecule has 8 nitrogen and oxygen atoms in total. The maximum absolute atomic E-state index is 4.45. The Bertz CT molecular complexity index is 5490. The first-order valence-electron chi connectivity index (χ1n) is 29.6. The highest BCUT2D eigenvalue weighted by Gasteiger charge is 2.21. The van der Waals surface area contributed by atoms with Crippen LogP contribution < -0.4 is 0 Å². The van der Waals surface area contributed by atoms with Crippen LogP contribution in [0, 0.1) is 0 Å². The Kier molecular flexibility index (Phi) is 13.5. The Hall–Kier alpha value is -11.5. The Morgan fingerprint density at radius 2 is 0.685 bits per heavy atom. The van der Waals surface area contributed by atoms with Crippen LogP contribution in [0.25, 0.3) is 149 Å². The van der Waals surface area contributed by atoms with Crippen molar-refractivity contribution in [3.05, 3.63) is 321 Å². The van der Waals surface area contributed by atoms with Gasteiger partial charge in [0.05, 0.1) is 33.1 Å². The van der Waals surface area contributed by atoms with Gasteiger partial charge in [-0.05, 0) is 142 Å². The smallest absolute Gasteiger partial charge is 0.0635 e. The van der Waals surface area contributed by atoms with Crippen molar-refractivity contribution < 1.29 is 0 Å². The third-order valence-electron chi connectivity index (χ3n) is 16.9. The molecule has 0 unspecified atom stereocenters. The van der Waals surface area contributed by atoms with Gasteiger partial charge in [0.25, 0.3) is 0 Å². The van der Waals surface area contributed by atoms with Crippen molar-refractivity contribution in [2.45, 2.75) is 0 Å². The van der Waals surface area contributed by atoms with Crippen LogP contribution in [0.4, 0.5) is 0 Å². The molecule has 10 aromatic carbocycles. The van der Waals surface area contributed by atoms with E-state index in [4.69, 9.17) is 0 Å². The van der Waals surface area contributed by atoms with E-state index in [0.717, 1.165) is 60.4 Å². The van der Waals surface area contributed by atoms with Crippen molar-refractivity contribution in [2.24, 2.45) is 0 Å². The summed E-state index contributed by atoms with van der Waals surface area (Å²) >= 11 is 3.57. The molecule has 0 fully saturated rings. The van der Waals surface area contributed by atoms with Crippen LogP contribution in [-0.2, 0) is 0 Å². The minimum absolute atomic E-state index is 1.05. The molecule has 0 aliphatic heterocycles. The molecule has 0 saturated carbocycles. The molecule has 0 amide bonds. The maximum atomic E-state index is 4.45. The molecule has 8 aromatic heterocycles. The second kappa shape index (κ2) is 22.7. The summed E-state index contributed by atoms with van der Waals surface area (Å²) in [6, 6.07) is 90.2. The molecule has 420 valence electrons. The molecule has 18 aromatic rings. The zero-order valence-corrected chi connectivity index (χ0v) is 49.6. The van der Waals surface area contributed by atoms with E-state index in [-0.39, 0.29) is 0 Å². The SMILES string of the molecule is Brc1cc(-c2cccnc2)cc(-c2cccnc2)c1.c1ccc(-n2ccc3c2ccc2c4ccc5ccccc5c4n(-c4cc(-c5cccnc5)cc(-c5cccnc5)c4)c23)cc1.c1ccc(-n2ccc3c4[nH]c5c6ccccc6ccc5c4ccc32)cc1. The average molecular weight is 1210 g/mol. The van der Waals surface area contributed by atoms with Gasteiger partial charge >= 0.3 is 0 Å². The zero-order chi connectivity index (χ0) is 59.2. The van der Waals surface area contributed by atoms with Gasteiger partial charge < -0.3 is 18.7 Å². The Morgan fingerprint density at radius 1 is 0.281 bits per heavy atom. The lowest BCUT2D eigenvalue weighted by Crippen LogP contribution is -1.97. The third-order valence-corrected chi connectivity index (χ3v) is 17.4. The predicted molar refractivity (Wildman–Crippen MR) is 372 cm³/mol. The number of fused-ring (bicyclic) bond motifs is 14. The van der Waals surface area contributed by atoms with Gasteiger partial charge in [-0.3, -0.25) is 19.9 Å². The van der Waals surface area contributed by atoms with Gasteiger partial charge in [-0.1, -0.05) is 162 Å². The van der Waals surface area contributed by atoms with Crippen LogP contribution in [0.5, 0.6) is 0 Å². The molecule has 0 aliphatic rings. The quantitative estimate of drug-likeness (QED) is 0.172. The van der Waals surface area contributed by atoms with Crippen molar-refractivity contribution in [1.82, 2.24) is 38.6 Å². The first-order valence-corrected chi connectivity index (χ1v) is 30.4. The van der Waals surface area contributed by atoms with E-state index in [1.165, 1.54) is 92.6 Å². The van der Waals surface area contributed by atoms with E-state index < -0.39 is 0 Å². The van der Waals surface area contributed by atoms with Gasteiger partial charge in [-0.25, -0.2) is 0 Å². The Balaban J connectivity index is 0.000000119. The highest BCUT2D eigenvalue weighted by molar-refractivity contribution is 9.10. The highest BCUT2D eigenvalue weighted by Crippen LogP contribution is 2.43. The molecule has 0 spiro atoms. The summed E-state index contributed by atoms with van der Waals surface area (Å²) in [6.45, 7) is 0. The second-order valence-corrected chi connectivity index (χ2v) is 23.1. The molecule has 0 aliphatic carbocycles. The fraction of sp³-hybridized carbons (Fsp3) is 0. The van der Waals surface area contributed by atoms with Crippen molar-refractivity contribution in [3.63, 3.8) is 0 Å². The summed E-state index contributed by atoms with van der Waals surface area (Å²) in [7, 11) is 0. The monoisotopic (exact) mass is 1200 g/mol. The van der Waals surface area contributed by atoms with E-state index in [1.807, 2.05) is 61.4 Å². The number of hydrogen-bond acceptors (Lipinski definition) is 4. The summed E-state index contributed by atoms with van der Waals surface area (Å²) in [4.78, 5) is 20.9. The maximum Gasteiger partial charge on any atom is 0.0635 e. The number of nitrogens with one attached hydrogen (secondary N) is 1. The topological polar surface area (TPSA) is 82.1 Å². The minimum Gasteiger partial charge on any atom is -0.353 e. The van der Waals surface area contributed by atoms with Gasteiger partial charge in [0.15, 0.2) is 0 Å². The molecule has 18 rings (SSSR count). The standard InChI is InChI=1S/C40H26N4.C24H16N2.C16H11BrN2/c1-2-11-32(12-3-1)43-21-18-37-38(43)17-16-36-35-15-14-27-8-4-5-13-34(27)39(35)44(40(36)37)33-23-30(28-9-6-19-41-25-28)22-31(24-33)29-10-7-20-42-26-29;1-2-7-17(8-3-1)26-15-14-21-22(26)13-12-20-19-11-10-16-6-4-5-9-18(16)23(19)25-24(20)21;17-16-8-14(12-3-1-5-18-10-12)7-15(9-16)13-4-2-6-19-11-13/h1-26H;1-15,25H;1-11H. The number of aromatic amines is 1. The van der Waals surface area contributed by atoms with E-state index in [9.17, 15) is 0 Å². The number of H-pyrrole nitrogens is 1. The lowest BCUT2D eigenvalue weighted by molar-refractivity contribution is 1.13. The van der Waals surface area contributed by atoms with Crippen molar-refractivity contribution >= 4 is 103 Å². The van der Waals surface area contributed by atoms with E-state index >= 15 is 0 Å². The predicted octanol–water partition coefficient (Wildman–Crippen LogP) is 21.0. The highest BCUT2D eigenvalue weighted by atomic mass is 79.9. The van der Waals surface area contributed by atoms with Crippen molar-refractivity contribution in [2.75, 3.05) is 0 Å². The molecular weight excluding hydrogens is 1150 g/mol. The molecule has 89 heavy (non-hydrogen) atoms. The summed E-state index contributed by atoms with van der Waals surface area (Å²) in [5.74, 6) is 0. The van der Waals surface area contributed by atoms with Crippen LogP contribution in [0.2, 0.25) is 0 Å². The molecule has 1 N–H and O–H groups in total. The normalized spacial score (nSPS) is 11.4. The number of aromatic nitrogens is 8. The second-order valence-electron chi connectivity index (χ2n) is 22.2. The minimum atomic E-state index is 1.05. The number of rotatable bonds is 7. The lowest BCUT2D eigenvalue weighted by Gasteiger charge is -2.15. The Labute approximate surface area is 521 Å². The van der Waals surface area contributed by atoms with E-state index in [1.54, 1.807) is 12.4 Å². The zero-order valence-electron chi connectivity index (χ0n) is 48.0. The molecule has 8 heterocycles. The molecule has 0 atom stereocenters. The number of pyridine rings is 4. The van der Waals surface area contributed by atoms with Gasteiger partial charge in [0, 0.05) is 149 Å². The summed E-state index contributed by atoms with van der Waals surface area (Å²) in [5.41, 5.74) is 19.5. The molecule has 0 bridgehead atoms. The fourth-order valence-corrected chi connectivity index (χ4v) is 13.3. The average Bonchev–Trinajstić information content (AvgIpc) is 1.64. The number of halogens is 1. The van der Waals surface area contributed by atoms with Gasteiger partial charge in [-0.15, -0.1) is 0 Å². The van der Waals surface area contributed by atoms with Crippen LogP contribution in [0.3, 0.4) is 0 Å². The van der Waals surface area contributed by atoms with Gasteiger partial charge in [0.2, 0.25) is 0 Å². The van der Waals surface area contributed by atoms with Gasteiger partial charge in [0.1, 0.15) is 0 Å². The fourth-order valence-electron chi connectivity index (χ4n) is 12.8. The lowest BCUT2D eigenvalue weighted by atomic mass is 9.99. The van der Waals surface area contributed by atoms with Crippen LogP contribution in [-0.4, -0.2) is 38.6 Å². The van der Waals surface area contributed by atoms with Crippen molar-refractivity contribution in [3.8, 4) is 61.6 Å². The molecule has 0 saturated heterocycles. The van der Waals surface area contributed by atoms with E-state index in [0.29, 0.717) is 0 Å². The molecular formula is C80H53BrN8.